The Balaban J connectivity index is 0.00000144. The maximum absolute atomic E-state index is 11.9. The minimum absolute atomic E-state index is 0. The summed E-state index contributed by atoms with van der Waals surface area (Å²) in [6.45, 7) is 2.22. The Hall–Kier alpha value is -0.940. The number of sulfonamides is 1. The Labute approximate surface area is 108 Å². The molecular formula is C11H17ClN2O2S. The molecule has 1 aromatic carbocycles. The molecule has 0 bridgehead atoms. The van der Waals surface area contributed by atoms with Crippen molar-refractivity contribution >= 4 is 33.8 Å². The summed E-state index contributed by atoms with van der Waals surface area (Å²) in [6.07, 6.45) is 1.69. The Morgan fingerprint density at radius 3 is 2.76 bits per heavy atom. The zero-order valence-electron chi connectivity index (χ0n) is 9.72. The van der Waals surface area contributed by atoms with Gasteiger partial charge in [0.2, 0.25) is 10.0 Å². The molecule has 0 spiro atoms. The highest BCUT2D eigenvalue weighted by Crippen LogP contribution is 2.32. The lowest BCUT2D eigenvalue weighted by Gasteiger charge is -2.30. The van der Waals surface area contributed by atoms with Gasteiger partial charge in [0.1, 0.15) is 0 Å². The quantitative estimate of drug-likeness (QED) is 0.838. The fraction of sp³-hybridized carbons (Fsp3) is 0.455. The van der Waals surface area contributed by atoms with Crippen LogP contribution < -0.4 is 10.0 Å². The number of anilines is 2. The molecule has 2 N–H and O–H groups in total. The van der Waals surface area contributed by atoms with Gasteiger partial charge >= 0.3 is 0 Å². The van der Waals surface area contributed by atoms with Crippen molar-refractivity contribution in [1.82, 2.24) is 0 Å². The van der Waals surface area contributed by atoms with E-state index in [0.717, 1.165) is 24.1 Å². The van der Waals surface area contributed by atoms with Crippen molar-refractivity contribution in [3.05, 3.63) is 23.8 Å². The molecule has 0 fully saturated rings. The van der Waals surface area contributed by atoms with Crippen LogP contribution in [-0.2, 0) is 16.4 Å². The van der Waals surface area contributed by atoms with Crippen LogP contribution in [0, 0.1) is 0 Å². The third kappa shape index (κ3) is 2.50. The fourth-order valence-corrected chi connectivity index (χ4v) is 3.25. The first kappa shape index (κ1) is 14.1. The van der Waals surface area contributed by atoms with E-state index in [1.165, 1.54) is 4.31 Å². The number of nitrogens with two attached hydrogens (primary N) is 1. The smallest absolute Gasteiger partial charge is 0.234 e. The highest BCUT2D eigenvalue weighted by atomic mass is 35.5. The summed E-state index contributed by atoms with van der Waals surface area (Å²) >= 11 is 0. The number of hydrogen-bond donors (Lipinski definition) is 1. The molecule has 0 amide bonds. The number of fused-ring (bicyclic) bond motifs is 1. The van der Waals surface area contributed by atoms with Crippen LogP contribution in [0.25, 0.3) is 0 Å². The average Bonchev–Trinajstić information content (AvgIpc) is 2.29. The zero-order chi connectivity index (χ0) is 11.8. The summed E-state index contributed by atoms with van der Waals surface area (Å²) in [7, 11) is -3.17. The second kappa shape index (κ2) is 5.14. The molecule has 0 radical (unpaired) electrons. The minimum Gasteiger partial charge on any atom is -0.398 e. The Morgan fingerprint density at radius 1 is 1.41 bits per heavy atom. The van der Waals surface area contributed by atoms with E-state index < -0.39 is 10.0 Å². The first-order valence-electron chi connectivity index (χ1n) is 5.44. The molecule has 0 aliphatic carbocycles. The van der Waals surface area contributed by atoms with Gasteiger partial charge in [-0.2, -0.15) is 0 Å². The molecule has 1 aliphatic heterocycles. The van der Waals surface area contributed by atoms with Crippen molar-refractivity contribution < 1.29 is 8.42 Å². The summed E-state index contributed by atoms with van der Waals surface area (Å²) in [6, 6.07) is 5.45. The van der Waals surface area contributed by atoms with Crippen LogP contribution in [0.15, 0.2) is 18.2 Å². The van der Waals surface area contributed by atoms with Gasteiger partial charge in [-0.3, -0.25) is 4.31 Å². The lowest BCUT2D eigenvalue weighted by molar-refractivity contribution is 0.588. The molecule has 6 heteroatoms. The van der Waals surface area contributed by atoms with E-state index in [0.29, 0.717) is 12.2 Å². The van der Waals surface area contributed by atoms with Gasteiger partial charge in [0.25, 0.3) is 0 Å². The standard InChI is InChI=1S/C11H16N2O2S.ClH/c1-2-16(14,15)13-8-4-5-9-10(12)6-3-7-11(9)13;/h3,6-7H,2,4-5,8,12H2,1H3;1H. The minimum atomic E-state index is -3.17. The van der Waals surface area contributed by atoms with E-state index in [1.54, 1.807) is 13.0 Å². The van der Waals surface area contributed by atoms with E-state index in [2.05, 4.69) is 0 Å². The fourth-order valence-electron chi connectivity index (χ4n) is 2.06. The van der Waals surface area contributed by atoms with Gasteiger partial charge in [0.05, 0.1) is 11.4 Å². The maximum Gasteiger partial charge on any atom is 0.234 e. The molecule has 0 atom stereocenters. The van der Waals surface area contributed by atoms with Crippen molar-refractivity contribution in [3.63, 3.8) is 0 Å². The SMILES string of the molecule is CCS(=O)(=O)N1CCCc2c(N)cccc21.Cl. The third-order valence-corrected chi connectivity index (χ3v) is 4.73. The summed E-state index contributed by atoms with van der Waals surface area (Å²) in [5.41, 5.74) is 8.28. The lowest BCUT2D eigenvalue weighted by atomic mass is 10.0. The summed E-state index contributed by atoms with van der Waals surface area (Å²) in [5, 5.41) is 0. The summed E-state index contributed by atoms with van der Waals surface area (Å²) in [4.78, 5) is 0. The van der Waals surface area contributed by atoms with Gasteiger partial charge < -0.3 is 5.73 Å². The van der Waals surface area contributed by atoms with Crippen molar-refractivity contribution in [2.45, 2.75) is 19.8 Å². The van der Waals surface area contributed by atoms with Crippen molar-refractivity contribution in [1.29, 1.82) is 0 Å². The van der Waals surface area contributed by atoms with E-state index in [1.807, 2.05) is 12.1 Å². The largest absolute Gasteiger partial charge is 0.398 e. The molecule has 1 heterocycles. The first-order chi connectivity index (χ1) is 7.56. The van der Waals surface area contributed by atoms with Crippen LogP contribution >= 0.6 is 12.4 Å². The van der Waals surface area contributed by atoms with E-state index >= 15 is 0 Å². The molecule has 96 valence electrons. The number of rotatable bonds is 2. The second-order valence-corrected chi connectivity index (χ2v) is 6.10. The second-order valence-electron chi connectivity index (χ2n) is 3.92. The van der Waals surface area contributed by atoms with Gasteiger partial charge in [-0.15, -0.1) is 12.4 Å². The average molecular weight is 277 g/mol. The van der Waals surface area contributed by atoms with Crippen molar-refractivity contribution in [2.24, 2.45) is 0 Å². The van der Waals surface area contributed by atoms with Gasteiger partial charge in [0.15, 0.2) is 0 Å². The predicted octanol–water partition coefficient (Wildman–Crippen LogP) is 1.79. The number of benzene rings is 1. The Bertz CT molecular complexity index is 502. The van der Waals surface area contributed by atoms with Crippen LogP contribution in [0.1, 0.15) is 18.9 Å². The molecule has 0 saturated heterocycles. The lowest BCUT2D eigenvalue weighted by Crippen LogP contribution is -2.36. The molecule has 0 saturated carbocycles. The molecule has 1 aliphatic rings. The van der Waals surface area contributed by atoms with Crippen LogP contribution in [0.4, 0.5) is 11.4 Å². The molecule has 2 rings (SSSR count). The maximum atomic E-state index is 11.9. The van der Waals surface area contributed by atoms with Crippen LogP contribution in [0.5, 0.6) is 0 Å². The highest BCUT2D eigenvalue weighted by Gasteiger charge is 2.26. The van der Waals surface area contributed by atoms with Crippen LogP contribution in [-0.4, -0.2) is 20.7 Å². The third-order valence-electron chi connectivity index (χ3n) is 2.94. The molecular weight excluding hydrogens is 260 g/mol. The Kier molecular flexibility index (Phi) is 4.27. The number of nitrogens with zero attached hydrogens (tertiary/aromatic N) is 1. The summed E-state index contributed by atoms with van der Waals surface area (Å²) in [5.74, 6) is 0.126. The van der Waals surface area contributed by atoms with E-state index in [9.17, 15) is 8.42 Å². The predicted molar refractivity (Wildman–Crippen MR) is 73.2 cm³/mol. The molecule has 0 aromatic heterocycles. The van der Waals surface area contributed by atoms with E-state index in [-0.39, 0.29) is 18.2 Å². The number of halogens is 1. The monoisotopic (exact) mass is 276 g/mol. The normalized spacial score (nSPS) is 15.0. The molecule has 0 unspecified atom stereocenters. The van der Waals surface area contributed by atoms with Crippen LogP contribution in [0.2, 0.25) is 0 Å². The van der Waals surface area contributed by atoms with Gasteiger partial charge in [-0.25, -0.2) is 8.42 Å². The highest BCUT2D eigenvalue weighted by molar-refractivity contribution is 7.92. The van der Waals surface area contributed by atoms with Gasteiger partial charge in [-0.1, -0.05) is 6.07 Å². The Morgan fingerprint density at radius 2 is 2.12 bits per heavy atom. The van der Waals surface area contributed by atoms with Gasteiger partial charge in [0, 0.05) is 12.2 Å². The topological polar surface area (TPSA) is 63.4 Å². The van der Waals surface area contributed by atoms with Crippen molar-refractivity contribution in [3.8, 4) is 0 Å². The van der Waals surface area contributed by atoms with Crippen molar-refractivity contribution in [2.75, 3.05) is 22.3 Å². The zero-order valence-corrected chi connectivity index (χ0v) is 11.4. The number of hydrogen-bond acceptors (Lipinski definition) is 3. The molecule has 1 aromatic rings. The van der Waals surface area contributed by atoms with Gasteiger partial charge in [-0.05, 0) is 37.5 Å². The van der Waals surface area contributed by atoms with Crippen LogP contribution in [0.3, 0.4) is 0 Å². The molecule has 17 heavy (non-hydrogen) atoms. The molecule has 4 nitrogen and oxygen atoms in total. The van der Waals surface area contributed by atoms with E-state index in [4.69, 9.17) is 5.73 Å². The summed E-state index contributed by atoms with van der Waals surface area (Å²) < 4.78 is 25.3. The number of nitrogen functional groups attached to an aromatic ring is 1. The first-order valence-corrected chi connectivity index (χ1v) is 7.05.